The summed E-state index contributed by atoms with van der Waals surface area (Å²) < 4.78 is 5.71. The Morgan fingerprint density at radius 1 is 1.48 bits per heavy atom. The van der Waals surface area contributed by atoms with E-state index >= 15 is 0 Å². The molecule has 0 unspecified atom stereocenters. The van der Waals surface area contributed by atoms with Crippen molar-refractivity contribution in [3.05, 3.63) is 45.6 Å². The second kappa shape index (κ2) is 7.25. The summed E-state index contributed by atoms with van der Waals surface area (Å²) in [5.74, 6) is -0.772. The number of rotatable bonds is 6. The molecule has 0 aromatic carbocycles. The number of carbonyl (C=O) groups is 1. The van der Waals surface area contributed by atoms with E-state index in [0.717, 1.165) is 29.7 Å². The van der Waals surface area contributed by atoms with Crippen LogP contribution in [0, 0.1) is 6.92 Å². The quantitative estimate of drug-likeness (QED) is 0.631. The number of nitrogens with zero attached hydrogens (tertiary/aromatic N) is 2. The van der Waals surface area contributed by atoms with Gasteiger partial charge in [0.05, 0.1) is 12.3 Å². The standard InChI is InChI=1S/C17H16ClN3O3S/c1-9-11-13(19)14(17(22)23)25-16(11)21-15(12(9)18)24-7-3-5-10-4-2-6-20-8-10/h2,4,6,8H,3,5,7,19H2,1H3,(H,22,23). The number of fused-ring (bicyclic) bond motifs is 1. The number of ether oxygens (including phenoxy) is 1. The van der Waals surface area contributed by atoms with Crippen LogP contribution in [0.1, 0.15) is 27.2 Å². The highest BCUT2D eigenvalue weighted by molar-refractivity contribution is 7.21. The van der Waals surface area contributed by atoms with Crippen molar-refractivity contribution in [1.82, 2.24) is 9.97 Å². The van der Waals surface area contributed by atoms with Gasteiger partial charge in [0.2, 0.25) is 5.88 Å². The average molecular weight is 378 g/mol. The molecule has 3 aromatic rings. The summed E-state index contributed by atoms with van der Waals surface area (Å²) in [6.45, 7) is 2.22. The molecule has 0 saturated carbocycles. The van der Waals surface area contributed by atoms with Crippen molar-refractivity contribution >= 4 is 44.8 Å². The number of carboxylic acids is 1. The maximum Gasteiger partial charge on any atom is 0.348 e. The van der Waals surface area contributed by atoms with Crippen LogP contribution in [-0.4, -0.2) is 27.7 Å². The van der Waals surface area contributed by atoms with E-state index in [1.165, 1.54) is 0 Å². The van der Waals surface area contributed by atoms with E-state index in [9.17, 15) is 9.90 Å². The molecule has 0 fully saturated rings. The minimum atomic E-state index is -1.07. The van der Waals surface area contributed by atoms with Crippen LogP contribution >= 0.6 is 22.9 Å². The third kappa shape index (κ3) is 3.52. The molecule has 3 aromatic heterocycles. The molecule has 0 aliphatic rings. The van der Waals surface area contributed by atoms with Gasteiger partial charge in [-0.05, 0) is 37.0 Å². The SMILES string of the molecule is Cc1c(Cl)c(OCCCc2cccnc2)nc2sc(C(=O)O)c(N)c12. The first-order valence-corrected chi connectivity index (χ1v) is 8.81. The lowest BCUT2D eigenvalue weighted by Crippen LogP contribution is -2.02. The molecular formula is C17H16ClN3O3S. The zero-order valence-corrected chi connectivity index (χ0v) is 15.0. The highest BCUT2D eigenvalue weighted by atomic mass is 35.5. The van der Waals surface area contributed by atoms with Gasteiger partial charge in [-0.1, -0.05) is 17.7 Å². The fourth-order valence-corrected chi connectivity index (χ4v) is 3.71. The lowest BCUT2D eigenvalue weighted by molar-refractivity contribution is 0.0703. The predicted octanol–water partition coefficient (Wildman–Crippen LogP) is 3.95. The first-order chi connectivity index (χ1) is 12.0. The molecule has 25 heavy (non-hydrogen) atoms. The number of halogens is 1. The molecule has 0 amide bonds. The van der Waals surface area contributed by atoms with Crippen LogP contribution in [0.3, 0.4) is 0 Å². The number of nitrogen functional groups attached to an aromatic ring is 1. The highest BCUT2D eigenvalue weighted by Gasteiger charge is 2.21. The molecule has 0 bridgehead atoms. The Balaban J connectivity index is 1.77. The van der Waals surface area contributed by atoms with Gasteiger partial charge in [0.15, 0.2) is 0 Å². The largest absolute Gasteiger partial charge is 0.477 e. The number of aryl methyl sites for hydroxylation is 2. The van der Waals surface area contributed by atoms with Gasteiger partial charge in [-0.15, -0.1) is 11.3 Å². The Hall–Kier alpha value is -2.38. The van der Waals surface area contributed by atoms with Gasteiger partial charge in [-0.2, -0.15) is 0 Å². The molecule has 8 heteroatoms. The number of anilines is 1. The van der Waals surface area contributed by atoms with E-state index in [1.54, 1.807) is 13.1 Å². The molecule has 130 valence electrons. The zero-order valence-electron chi connectivity index (χ0n) is 13.5. The van der Waals surface area contributed by atoms with Crippen molar-refractivity contribution in [1.29, 1.82) is 0 Å². The number of thiophene rings is 1. The van der Waals surface area contributed by atoms with Crippen molar-refractivity contribution in [2.75, 3.05) is 12.3 Å². The fourth-order valence-electron chi connectivity index (χ4n) is 2.53. The molecule has 0 saturated heterocycles. The minimum Gasteiger partial charge on any atom is -0.477 e. The van der Waals surface area contributed by atoms with Gasteiger partial charge in [0.1, 0.15) is 14.7 Å². The predicted molar refractivity (Wildman–Crippen MR) is 98.8 cm³/mol. The minimum absolute atomic E-state index is 0.0652. The van der Waals surface area contributed by atoms with Crippen LogP contribution in [0.25, 0.3) is 10.2 Å². The van der Waals surface area contributed by atoms with Gasteiger partial charge in [-0.25, -0.2) is 9.78 Å². The van der Waals surface area contributed by atoms with Crippen molar-refractivity contribution in [3.8, 4) is 5.88 Å². The number of hydrogen-bond donors (Lipinski definition) is 2. The maximum atomic E-state index is 11.3. The van der Waals surface area contributed by atoms with E-state index < -0.39 is 5.97 Å². The molecule has 0 radical (unpaired) electrons. The van der Waals surface area contributed by atoms with Crippen LogP contribution < -0.4 is 10.5 Å². The number of aromatic carboxylic acids is 1. The summed E-state index contributed by atoms with van der Waals surface area (Å²) in [6, 6.07) is 3.91. The number of carboxylic acid groups (broad SMARTS) is 1. The molecule has 6 nitrogen and oxygen atoms in total. The zero-order chi connectivity index (χ0) is 18.0. The van der Waals surface area contributed by atoms with Gasteiger partial charge in [-0.3, -0.25) is 4.98 Å². The van der Waals surface area contributed by atoms with Gasteiger partial charge < -0.3 is 15.6 Å². The Kier molecular flexibility index (Phi) is 5.06. The Labute approximate surface area is 153 Å². The first-order valence-electron chi connectivity index (χ1n) is 7.62. The van der Waals surface area contributed by atoms with Gasteiger partial charge in [0, 0.05) is 17.8 Å². The van der Waals surface area contributed by atoms with Gasteiger partial charge in [0.25, 0.3) is 0 Å². The summed E-state index contributed by atoms with van der Waals surface area (Å²) >= 11 is 7.36. The van der Waals surface area contributed by atoms with Crippen molar-refractivity contribution in [2.45, 2.75) is 19.8 Å². The summed E-state index contributed by atoms with van der Waals surface area (Å²) in [5, 5.41) is 10.1. The molecule has 0 spiro atoms. The highest BCUT2D eigenvalue weighted by Crippen LogP contribution is 2.40. The molecule has 3 rings (SSSR count). The summed E-state index contributed by atoms with van der Waals surface area (Å²) in [4.78, 5) is 20.3. The lowest BCUT2D eigenvalue weighted by Gasteiger charge is -2.10. The van der Waals surface area contributed by atoms with Crippen LogP contribution in [-0.2, 0) is 6.42 Å². The second-order valence-corrected chi connectivity index (χ2v) is 6.88. The van der Waals surface area contributed by atoms with Crippen LogP contribution in [0.4, 0.5) is 5.69 Å². The summed E-state index contributed by atoms with van der Waals surface area (Å²) in [6.07, 6.45) is 5.18. The van der Waals surface area contributed by atoms with E-state index in [4.69, 9.17) is 22.1 Å². The van der Waals surface area contributed by atoms with E-state index in [0.29, 0.717) is 33.3 Å². The summed E-state index contributed by atoms with van der Waals surface area (Å²) in [5.41, 5.74) is 7.94. The Morgan fingerprint density at radius 2 is 2.28 bits per heavy atom. The Bertz CT molecular complexity index is 928. The van der Waals surface area contributed by atoms with E-state index in [2.05, 4.69) is 9.97 Å². The molecular weight excluding hydrogens is 362 g/mol. The fraction of sp³-hybridized carbons (Fsp3) is 0.235. The molecule has 0 aliphatic heterocycles. The molecule has 3 heterocycles. The van der Waals surface area contributed by atoms with Crippen molar-refractivity contribution in [3.63, 3.8) is 0 Å². The van der Waals surface area contributed by atoms with Crippen LogP contribution in [0.5, 0.6) is 5.88 Å². The third-order valence-corrected chi connectivity index (χ3v) is 5.32. The topological polar surface area (TPSA) is 98.3 Å². The first kappa shape index (κ1) is 17.4. The maximum absolute atomic E-state index is 11.3. The lowest BCUT2D eigenvalue weighted by atomic mass is 10.1. The average Bonchev–Trinajstić information content (AvgIpc) is 2.93. The summed E-state index contributed by atoms with van der Waals surface area (Å²) in [7, 11) is 0. The van der Waals surface area contributed by atoms with Crippen molar-refractivity contribution in [2.24, 2.45) is 0 Å². The number of aromatic nitrogens is 2. The third-order valence-electron chi connectivity index (χ3n) is 3.79. The smallest absolute Gasteiger partial charge is 0.348 e. The molecule has 3 N–H and O–H groups in total. The monoisotopic (exact) mass is 377 g/mol. The van der Waals surface area contributed by atoms with E-state index in [1.807, 2.05) is 18.3 Å². The van der Waals surface area contributed by atoms with Crippen LogP contribution in [0.2, 0.25) is 5.02 Å². The number of nitrogens with two attached hydrogens (primary N) is 1. The second-order valence-electron chi connectivity index (χ2n) is 5.50. The molecule has 0 aliphatic carbocycles. The van der Waals surface area contributed by atoms with Crippen LogP contribution in [0.15, 0.2) is 24.5 Å². The number of hydrogen-bond acceptors (Lipinski definition) is 6. The molecule has 0 atom stereocenters. The van der Waals surface area contributed by atoms with E-state index in [-0.39, 0.29) is 10.6 Å². The normalized spacial score (nSPS) is 11.0. The van der Waals surface area contributed by atoms with Gasteiger partial charge >= 0.3 is 5.97 Å². The number of pyridine rings is 2. The Morgan fingerprint density at radius 3 is 2.96 bits per heavy atom. The van der Waals surface area contributed by atoms with Crippen molar-refractivity contribution < 1.29 is 14.6 Å².